The van der Waals surface area contributed by atoms with Gasteiger partial charge in [-0.2, -0.15) is 0 Å². The molecule has 7 nitrogen and oxygen atoms in total. The Hall–Kier alpha value is -3.55. The molecule has 0 saturated heterocycles. The summed E-state index contributed by atoms with van der Waals surface area (Å²) in [7, 11) is 0. The summed E-state index contributed by atoms with van der Waals surface area (Å²) in [4.78, 5) is 26.3. The quantitative estimate of drug-likeness (QED) is 0.421. The molecule has 1 aliphatic carbocycles. The number of pyridine rings is 1. The molecule has 5 rings (SSSR count). The number of ether oxygens (including phenoxy) is 1. The molecular weight excluding hydrogens is 440 g/mol. The van der Waals surface area contributed by atoms with Gasteiger partial charge in [0.1, 0.15) is 0 Å². The minimum atomic E-state index is -0.643. The SMILES string of the molecule is Nc1nc(-c2ccccc2)c(-c2cc(Cl)c3ncccc3c2)nc1C(=O)OCC1CC(O)C1. The van der Waals surface area contributed by atoms with Gasteiger partial charge in [-0.05, 0) is 37.0 Å². The highest BCUT2D eigenvalue weighted by molar-refractivity contribution is 6.35. The highest BCUT2D eigenvalue weighted by Gasteiger charge is 2.29. The summed E-state index contributed by atoms with van der Waals surface area (Å²) in [6, 6.07) is 16.9. The lowest BCUT2D eigenvalue weighted by Gasteiger charge is -2.30. The molecule has 0 atom stereocenters. The van der Waals surface area contributed by atoms with Gasteiger partial charge in [0, 0.05) is 22.7 Å². The van der Waals surface area contributed by atoms with Gasteiger partial charge in [0.05, 0.1) is 34.6 Å². The zero-order valence-corrected chi connectivity index (χ0v) is 18.4. The van der Waals surface area contributed by atoms with Crippen LogP contribution in [-0.4, -0.2) is 38.7 Å². The molecule has 0 unspecified atom stereocenters. The lowest BCUT2D eigenvalue weighted by atomic mass is 9.83. The second kappa shape index (κ2) is 8.77. The zero-order chi connectivity index (χ0) is 22.9. The number of benzene rings is 2. The number of aliphatic hydroxyl groups excluding tert-OH is 1. The number of aromatic nitrogens is 3. The van der Waals surface area contributed by atoms with E-state index in [1.165, 1.54) is 0 Å². The Kier molecular flexibility index (Phi) is 5.66. The van der Waals surface area contributed by atoms with Gasteiger partial charge in [-0.3, -0.25) is 4.98 Å². The number of anilines is 1. The van der Waals surface area contributed by atoms with E-state index in [4.69, 9.17) is 22.1 Å². The van der Waals surface area contributed by atoms with Gasteiger partial charge in [-0.1, -0.05) is 48.0 Å². The number of rotatable bonds is 5. The monoisotopic (exact) mass is 460 g/mol. The molecule has 0 amide bonds. The molecule has 2 aromatic carbocycles. The number of nitrogen functional groups attached to an aromatic ring is 1. The van der Waals surface area contributed by atoms with Crippen molar-refractivity contribution in [3.8, 4) is 22.5 Å². The van der Waals surface area contributed by atoms with Crippen LogP contribution >= 0.6 is 11.6 Å². The molecule has 4 aromatic rings. The van der Waals surface area contributed by atoms with Crippen molar-refractivity contribution in [2.45, 2.75) is 18.9 Å². The summed E-state index contributed by atoms with van der Waals surface area (Å²) in [6.07, 6.45) is 2.61. The molecule has 2 aromatic heterocycles. The van der Waals surface area contributed by atoms with E-state index in [1.807, 2.05) is 48.5 Å². The molecule has 3 N–H and O–H groups in total. The van der Waals surface area contributed by atoms with Crippen molar-refractivity contribution in [1.82, 2.24) is 15.0 Å². The Labute approximate surface area is 195 Å². The van der Waals surface area contributed by atoms with Gasteiger partial charge in [-0.25, -0.2) is 14.8 Å². The molecule has 33 heavy (non-hydrogen) atoms. The molecule has 0 bridgehead atoms. The van der Waals surface area contributed by atoms with E-state index in [-0.39, 0.29) is 30.1 Å². The van der Waals surface area contributed by atoms with Crippen molar-refractivity contribution in [2.75, 3.05) is 12.3 Å². The van der Waals surface area contributed by atoms with Gasteiger partial charge < -0.3 is 15.6 Å². The summed E-state index contributed by atoms with van der Waals surface area (Å²) in [5.41, 5.74) is 9.26. The fourth-order valence-corrected chi connectivity index (χ4v) is 4.26. The Morgan fingerprint density at radius 3 is 2.58 bits per heavy atom. The number of hydrogen-bond acceptors (Lipinski definition) is 7. The average molecular weight is 461 g/mol. The number of aliphatic hydroxyl groups is 1. The Morgan fingerprint density at radius 1 is 1.06 bits per heavy atom. The number of nitrogens with two attached hydrogens (primary N) is 1. The van der Waals surface area contributed by atoms with Crippen LogP contribution in [0.2, 0.25) is 5.02 Å². The molecule has 1 saturated carbocycles. The van der Waals surface area contributed by atoms with Crippen molar-refractivity contribution < 1.29 is 14.6 Å². The van der Waals surface area contributed by atoms with Crippen molar-refractivity contribution >= 4 is 34.3 Å². The minimum absolute atomic E-state index is 0.00944. The van der Waals surface area contributed by atoms with Crippen molar-refractivity contribution in [2.24, 2.45) is 5.92 Å². The first-order valence-corrected chi connectivity index (χ1v) is 11.0. The van der Waals surface area contributed by atoms with Crippen LogP contribution in [0.25, 0.3) is 33.4 Å². The Balaban J connectivity index is 1.60. The Bertz CT molecular complexity index is 1340. The summed E-state index contributed by atoms with van der Waals surface area (Å²) in [5, 5.41) is 10.7. The summed E-state index contributed by atoms with van der Waals surface area (Å²) >= 11 is 6.52. The summed E-state index contributed by atoms with van der Waals surface area (Å²) < 4.78 is 5.42. The van der Waals surface area contributed by atoms with Crippen LogP contribution in [0.1, 0.15) is 23.3 Å². The minimum Gasteiger partial charge on any atom is -0.461 e. The Morgan fingerprint density at radius 2 is 1.82 bits per heavy atom. The van der Waals surface area contributed by atoms with Gasteiger partial charge in [0.2, 0.25) is 0 Å². The second-order valence-corrected chi connectivity index (χ2v) is 8.55. The van der Waals surface area contributed by atoms with Crippen molar-refractivity contribution in [3.05, 3.63) is 71.5 Å². The predicted octanol–water partition coefficient (Wildman–Crippen LogP) is 4.52. The third kappa shape index (κ3) is 4.25. The molecule has 1 aliphatic rings. The lowest BCUT2D eigenvalue weighted by molar-refractivity contribution is -0.00416. The molecular formula is C25H21ClN4O3. The molecule has 8 heteroatoms. The summed E-state index contributed by atoms with van der Waals surface area (Å²) in [6.45, 7) is 0.209. The largest absolute Gasteiger partial charge is 0.461 e. The van der Waals surface area contributed by atoms with E-state index in [2.05, 4.69) is 15.0 Å². The molecule has 0 radical (unpaired) electrons. The molecule has 0 spiro atoms. The van der Waals surface area contributed by atoms with Gasteiger partial charge in [-0.15, -0.1) is 0 Å². The third-order valence-corrected chi connectivity index (χ3v) is 6.04. The van der Waals surface area contributed by atoms with Gasteiger partial charge in [0.25, 0.3) is 0 Å². The average Bonchev–Trinajstić information content (AvgIpc) is 2.81. The number of esters is 1. The number of nitrogens with zero attached hydrogens (tertiary/aromatic N) is 3. The number of hydrogen-bond donors (Lipinski definition) is 2. The standard InChI is InChI=1S/C25H21ClN4O3/c26-19-12-17(11-16-7-4-8-28-20(16)19)22-21(15-5-2-1-3-6-15)30-24(27)23(29-22)25(32)33-13-14-9-18(31)10-14/h1-8,11-12,14,18,31H,9-10,13H2,(H2,27,30). The van der Waals surface area contributed by atoms with Gasteiger partial charge >= 0.3 is 5.97 Å². The number of carbonyl (C=O) groups is 1. The van der Waals surface area contributed by atoms with E-state index in [0.717, 1.165) is 10.9 Å². The first-order valence-electron chi connectivity index (χ1n) is 10.6. The maximum Gasteiger partial charge on any atom is 0.360 e. The third-order valence-electron chi connectivity index (χ3n) is 5.76. The van der Waals surface area contributed by atoms with Crippen molar-refractivity contribution in [1.29, 1.82) is 0 Å². The maximum absolute atomic E-state index is 12.8. The van der Waals surface area contributed by atoms with Crippen LogP contribution in [-0.2, 0) is 4.74 Å². The molecule has 166 valence electrons. The number of carbonyl (C=O) groups excluding carboxylic acids is 1. The van der Waals surface area contributed by atoms with E-state index < -0.39 is 5.97 Å². The fraction of sp³-hybridized carbons (Fsp3) is 0.200. The lowest BCUT2D eigenvalue weighted by Crippen LogP contribution is -2.32. The topological polar surface area (TPSA) is 111 Å². The van der Waals surface area contributed by atoms with E-state index in [1.54, 1.807) is 12.3 Å². The zero-order valence-electron chi connectivity index (χ0n) is 17.6. The molecule has 0 aliphatic heterocycles. The molecule has 2 heterocycles. The van der Waals surface area contributed by atoms with E-state index in [9.17, 15) is 9.90 Å². The molecule has 1 fully saturated rings. The van der Waals surface area contributed by atoms with Gasteiger partial charge in [0.15, 0.2) is 11.5 Å². The fourth-order valence-electron chi connectivity index (χ4n) is 3.98. The smallest absolute Gasteiger partial charge is 0.360 e. The van der Waals surface area contributed by atoms with Crippen LogP contribution in [0.4, 0.5) is 5.82 Å². The second-order valence-electron chi connectivity index (χ2n) is 8.14. The van der Waals surface area contributed by atoms with Crippen LogP contribution < -0.4 is 5.73 Å². The van der Waals surface area contributed by atoms with Crippen LogP contribution in [0, 0.1) is 5.92 Å². The van der Waals surface area contributed by atoms with E-state index >= 15 is 0 Å². The van der Waals surface area contributed by atoms with E-state index in [0.29, 0.717) is 40.3 Å². The number of halogens is 1. The highest BCUT2D eigenvalue weighted by atomic mass is 35.5. The summed E-state index contributed by atoms with van der Waals surface area (Å²) in [5.74, 6) is -0.506. The van der Waals surface area contributed by atoms with Crippen LogP contribution in [0.3, 0.4) is 0 Å². The normalized spacial score (nSPS) is 17.5. The first kappa shape index (κ1) is 21.3. The first-order chi connectivity index (χ1) is 16.0. The highest BCUT2D eigenvalue weighted by Crippen LogP contribution is 2.35. The number of fused-ring (bicyclic) bond motifs is 1. The van der Waals surface area contributed by atoms with Crippen LogP contribution in [0.5, 0.6) is 0 Å². The van der Waals surface area contributed by atoms with Crippen molar-refractivity contribution in [3.63, 3.8) is 0 Å². The maximum atomic E-state index is 12.8. The van der Waals surface area contributed by atoms with Crippen LogP contribution in [0.15, 0.2) is 60.8 Å². The predicted molar refractivity (Wildman–Crippen MR) is 127 cm³/mol.